The molecule has 4 heterocycles. The summed E-state index contributed by atoms with van der Waals surface area (Å²) in [6.07, 6.45) is 10.4. The molecule has 4 bridgehead atoms. The Labute approximate surface area is 350 Å². The molecule has 5 aliphatic carbocycles. The van der Waals surface area contributed by atoms with Crippen molar-refractivity contribution in [2.24, 2.45) is 17.8 Å². The standard InChI is InChI=1S/C55H52BN3/c1-52(2)41-19-13-21-45-49(41)56-50-42(52)20-14-22-46(50)59(55-32-36-27-38(55)28-37(36)33-55)48-31-40(30-47(51(48)56)57(45)39-17-9-6-10-18-39)58-44-24-23-35(34-15-7-5-8-16-34)29-43(44)53(3)25-11-12-26-54(53,58)4/h5-10,13-24,29-31,36-38H,11-12,25-28,32-33H2,1-4H3. The Balaban J connectivity index is 1.09. The summed E-state index contributed by atoms with van der Waals surface area (Å²) in [4.78, 5) is 8.56. The summed E-state index contributed by atoms with van der Waals surface area (Å²) >= 11 is 0. The third-order valence-electron chi connectivity index (χ3n) is 18.2. The molecule has 0 spiro atoms. The van der Waals surface area contributed by atoms with E-state index in [0.29, 0.717) is 0 Å². The molecule has 4 unspecified atom stereocenters. The highest BCUT2D eigenvalue weighted by molar-refractivity contribution is 7.01. The molecule has 59 heavy (non-hydrogen) atoms. The van der Waals surface area contributed by atoms with Gasteiger partial charge in [0.25, 0.3) is 6.71 Å². The van der Waals surface area contributed by atoms with E-state index in [1.54, 1.807) is 5.46 Å². The molecule has 0 aromatic heterocycles. The molecule has 0 radical (unpaired) electrons. The number of nitrogens with zero attached hydrogens (tertiary/aromatic N) is 3. The van der Waals surface area contributed by atoms with Gasteiger partial charge in [0.2, 0.25) is 0 Å². The third-order valence-corrected chi connectivity index (χ3v) is 18.2. The van der Waals surface area contributed by atoms with Gasteiger partial charge >= 0.3 is 0 Å². The Morgan fingerprint density at radius 1 is 0.508 bits per heavy atom. The summed E-state index contributed by atoms with van der Waals surface area (Å²) in [6.45, 7) is 10.4. The van der Waals surface area contributed by atoms with E-state index in [1.807, 2.05) is 0 Å². The first-order valence-electron chi connectivity index (χ1n) is 22.8. The number of para-hydroxylation sites is 1. The molecule has 4 heteroatoms. The van der Waals surface area contributed by atoms with E-state index in [4.69, 9.17) is 0 Å². The average Bonchev–Trinajstić information content (AvgIpc) is 4.05. The molecule has 15 rings (SSSR count). The van der Waals surface area contributed by atoms with Crippen molar-refractivity contribution in [3.63, 3.8) is 0 Å². The van der Waals surface area contributed by atoms with Crippen LogP contribution in [-0.4, -0.2) is 17.8 Å². The predicted octanol–water partition coefficient (Wildman–Crippen LogP) is 11.7. The fourth-order valence-corrected chi connectivity index (χ4v) is 15.6. The molecule has 4 atom stereocenters. The van der Waals surface area contributed by atoms with E-state index in [1.165, 1.54) is 130 Å². The summed E-state index contributed by atoms with van der Waals surface area (Å²) in [6, 6.07) is 49.8. The predicted molar refractivity (Wildman–Crippen MR) is 246 cm³/mol. The van der Waals surface area contributed by atoms with Gasteiger partial charge in [0.05, 0.1) is 5.54 Å². The summed E-state index contributed by atoms with van der Waals surface area (Å²) in [5.41, 5.74) is 21.5. The van der Waals surface area contributed by atoms with E-state index in [2.05, 4.69) is 170 Å². The Bertz CT molecular complexity index is 2800. The van der Waals surface area contributed by atoms with Gasteiger partial charge in [0, 0.05) is 56.2 Å². The van der Waals surface area contributed by atoms with Crippen molar-refractivity contribution < 1.29 is 0 Å². The monoisotopic (exact) mass is 765 g/mol. The number of rotatable bonds is 4. The Morgan fingerprint density at radius 3 is 1.88 bits per heavy atom. The fraction of sp³-hybridized carbons (Fsp3) is 0.345. The number of hydrogen-bond acceptors (Lipinski definition) is 3. The first kappa shape index (κ1) is 33.6. The average molecular weight is 766 g/mol. The summed E-state index contributed by atoms with van der Waals surface area (Å²) < 4.78 is 0. The lowest BCUT2D eigenvalue weighted by molar-refractivity contribution is 0.195. The molecule has 3 nitrogen and oxygen atoms in total. The molecule has 0 amide bonds. The van der Waals surface area contributed by atoms with Gasteiger partial charge in [-0.25, -0.2) is 0 Å². The van der Waals surface area contributed by atoms with Crippen molar-refractivity contribution in [3.05, 3.63) is 144 Å². The minimum Gasteiger partial charge on any atom is -0.336 e. The van der Waals surface area contributed by atoms with Gasteiger partial charge in [-0.05, 0) is 156 Å². The van der Waals surface area contributed by atoms with Crippen molar-refractivity contribution >= 4 is 62.9 Å². The van der Waals surface area contributed by atoms with Crippen LogP contribution in [0.5, 0.6) is 0 Å². The van der Waals surface area contributed by atoms with Gasteiger partial charge in [0.1, 0.15) is 0 Å². The highest BCUT2D eigenvalue weighted by atomic mass is 15.3. The quantitative estimate of drug-likeness (QED) is 0.165. The molecule has 9 aliphatic rings. The Morgan fingerprint density at radius 2 is 1.17 bits per heavy atom. The molecule has 5 saturated carbocycles. The lowest BCUT2D eigenvalue weighted by Gasteiger charge is -2.55. The maximum absolute atomic E-state index is 3.03. The Hall–Kier alpha value is -5.22. The molecule has 5 fully saturated rings. The molecule has 6 aromatic rings. The normalized spacial score (nSPS) is 30.2. The maximum Gasteiger partial charge on any atom is 0.252 e. The minimum absolute atomic E-state index is 0.0271. The lowest BCUT2D eigenvalue weighted by Crippen LogP contribution is -2.69. The number of hydrogen-bond donors (Lipinski definition) is 0. The van der Waals surface area contributed by atoms with Gasteiger partial charge in [-0.15, -0.1) is 0 Å². The summed E-state index contributed by atoms with van der Waals surface area (Å²) in [5, 5.41) is 0. The second-order valence-electron chi connectivity index (χ2n) is 20.9. The smallest absolute Gasteiger partial charge is 0.252 e. The molecular weight excluding hydrogens is 713 g/mol. The van der Waals surface area contributed by atoms with E-state index in [9.17, 15) is 0 Å². The minimum atomic E-state index is -0.109. The summed E-state index contributed by atoms with van der Waals surface area (Å²) in [5.74, 6) is 2.53. The van der Waals surface area contributed by atoms with Crippen molar-refractivity contribution in [1.29, 1.82) is 0 Å². The SMILES string of the molecule is CC1(C)c2cccc3c2B2c4c(cc(N5c6ccc(-c7ccccc7)cc6C6(C)CCCCC56C)cc4N(C45CC6CC4CC6C5)c4cccc1c42)N3c1ccccc1. The zero-order valence-corrected chi connectivity index (χ0v) is 34.9. The van der Waals surface area contributed by atoms with E-state index >= 15 is 0 Å². The van der Waals surface area contributed by atoms with Crippen LogP contribution < -0.4 is 31.1 Å². The lowest BCUT2D eigenvalue weighted by atomic mass is 9.28. The van der Waals surface area contributed by atoms with Crippen LogP contribution in [0.3, 0.4) is 0 Å². The number of benzene rings is 6. The van der Waals surface area contributed by atoms with Crippen LogP contribution in [0.15, 0.2) is 127 Å². The molecular formula is C55H52BN3. The van der Waals surface area contributed by atoms with Crippen LogP contribution in [-0.2, 0) is 10.8 Å². The van der Waals surface area contributed by atoms with Gasteiger partial charge in [0.15, 0.2) is 0 Å². The van der Waals surface area contributed by atoms with Gasteiger partial charge in [-0.2, -0.15) is 0 Å². The maximum atomic E-state index is 3.03. The third kappa shape index (κ3) is 3.86. The van der Waals surface area contributed by atoms with Crippen molar-refractivity contribution in [3.8, 4) is 11.1 Å². The topological polar surface area (TPSA) is 9.72 Å². The van der Waals surface area contributed by atoms with Crippen molar-refractivity contribution in [2.75, 3.05) is 14.7 Å². The highest BCUT2D eigenvalue weighted by Crippen LogP contribution is 2.70. The van der Waals surface area contributed by atoms with Crippen LogP contribution in [0.2, 0.25) is 0 Å². The molecule has 0 N–H and O–H groups in total. The van der Waals surface area contributed by atoms with Gasteiger partial charge in [-0.1, -0.05) is 112 Å². The highest BCUT2D eigenvalue weighted by Gasteiger charge is 2.67. The van der Waals surface area contributed by atoms with E-state index < -0.39 is 0 Å². The zero-order chi connectivity index (χ0) is 39.2. The fourth-order valence-electron chi connectivity index (χ4n) is 15.6. The second-order valence-corrected chi connectivity index (χ2v) is 20.9. The number of anilines is 7. The van der Waals surface area contributed by atoms with Crippen LogP contribution in [0.25, 0.3) is 11.1 Å². The van der Waals surface area contributed by atoms with Crippen LogP contribution in [0.1, 0.15) is 95.8 Å². The zero-order valence-electron chi connectivity index (χ0n) is 34.9. The van der Waals surface area contributed by atoms with Crippen LogP contribution >= 0.6 is 0 Å². The van der Waals surface area contributed by atoms with E-state index in [0.717, 1.165) is 17.8 Å². The molecule has 290 valence electrons. The first-order chi connectivity index (χ1) is 28.7. The van der Waals surface area contributed by atoms with E-state index in [-0.39, 0.29) is 28.6 Å². The number of fused-ring (bicyclic) bond motifs is 3. The van der Waals surface area contributed by atoms with Gasteiger partial charge in [-0.3, -0.25) is 0 Å². The molecule has 0 saturated heterocycles. The Kier molecular flexibility index (Phi) is 6.23. The molecule has 6 aromatic carbocycles. The van der Waals surface area contributed by atoms with Crippen molar-refractivity contribution in [2.45, 2.75) is 101 Å². The second kappa shape index (κ2) is 10.9. The first-order valence-corrected chi connectivity index (χ1v) is 22.8. The van der Waals surface area contributed by atoms with Gasteiger partial charge < -0.3 is 14.7 Å². The van der Waals surface area contributed by atoms with Crippen LogP contribution in [0.4, 0.5) is 39.8 Å². The van der Waals surface area contributed by atoms with Crippen LogP contribution in [0, 0.1) is 17.8 Å². The largest absolute Gasteiger partial charge is 0.336 e. The summed E-state index contributed by atoms with van der Waals surface area (Å²) in [7, 11) is 0. The molecule has 4 aliphatic heterocycles. The van der Waals surface area contributed by atoms with Crippen molar-refractivity contribution in [1.82, 2.24) is 0 Å².